The van der Waals surface area contributed by atoms with E-state index >= 15 is 0 Å². The first-order valence-corrected chi connectivity index (χ1v) is 6.35. The molecule has 0 amide bonds. The van der Waals surface area contributed by atoms with E-state index in [9.17, 15) is 9.90 Å². The molecule has 0 saturated heterocycles. The van der Waals surface area contributed by atoms with Crippen molar-refractivity contribution in [1.29, 1.82) is 0 Å². The zero-order valence-corrected chi connectivity index (χ0v) is 10.6. The third kappa shape index (κ3) is 2.79. The number of ether oxygens (including phenoxy) is 1. The molecule has 1 unspecified atom stereocenters. The summed E-state index contributed by atoms with van der Waals surface area (Å²) in [6.45, 7) is 2.01. The number of aliphatic hydroxyl groups excluding tert-OH is 1. The monoisotopic (exact) mass is 246 g/mol. The number of rotatable bonds is 4. The van der Waals surface area contributed by atoms with Crippen LogP contribution in [-0.2, 0) is 9.53 Å². The van der Waals surface area contributed by atoms with Gasteiger partial charge in [0.25, 0.3) is 0 Å². The lowest BCUT2D eigenvalue weighted by atomic mass is 9.89. The molecule has 1 N–H and O–H groups in total. The summed E-state index contributed by atoms with van der Waals surface area (Å²) in [6.07, 6.45) is 4.33. The Morgan fingerprint density at radius 2 is 2.17 bits per heavy atom. The van der Waals surface area contributed by atoms with Crippen molar-refractivity contribution in [2.45, 2.75) is 32.3 Å². The van der Waals surface area contributed by atoms with E-state index < -0.39 is 12.1 Å². The maximum atomic E-state index is 11.6. The fourth-order valence-electron chi connectivity index (χ4n) is 1.98. The van der Waals surface area contributed by atoms with Gasteiger partial charge in [-0.25, -0.2) is 4.79 Å². The first-order valence-electron chi connectivity index (χ1n) is 6.35. The summed E-state index contributed by atoms with van der Waals surface area (Å²) >= 11 is 0. The molecule has 1 fully saturated rings. The second kappa shape index (κ2) is 5.83. The second-order valence-electron chi connectivity index (χ2n) is 4.44. The summed E-state index contributed by atoms with van der Waals surface area (Å²) in [5.74, 6) is -0.586. The molecule has 1 aliphatic carbocycles. The minimum atomic E-state index is -1.20. The molecule has 2 rings (SSSR count). The Morgan fingerprint density at radius 3 is 2.78 bits per heavy atom. The molecular formula is C15H18O3. The molecule has 1 aliphatic rings. The molecule has 0 spiro atoms. The second-order valence-corrected chi connectivity index (χ2v) is 4.44. The van der Waals surface area contributed by atoms with Gasteiger partial charge in [-0.2, -0.15) is 0 Å². The van der Waals surface area contributed by atoms with Gasteiger partial charge in [-0.1, -0.05) is 35.9 Å². The highest BCUT2D eigenvalue weighted by atomic mass is 16.5. The van der Waals surface area contributed by atoms with Crippen LogP contribution in [0.15, 0.2) is 29.8 Å². The number of hydrogen-bond donors (Lipinski definition) is 1. The van der Waals surface area contributed by atoms with E-state index in [-0.39, 0.29) is 6.61 Å². The smallest absolute Gasteiger partial charge is 0.339 e. The fraction of sp³-hybridized carbons (Fsp3) is 0.400. The van der Waals surface area contributed by atoms with E-state index in [1.807, 2.05) is 18.2 Å². The van der Waals surface area contributed by atoms with Crippen LogP contribution >= 0.6 is 0 Å². The molecule has 3 heteroatoms. The Bertz CT molecular complexity index is 457. The maximum absolute atomic E-state index is 11.6. The van der Waals surface area contributed by atoms with Crippen molar-refractivity contribution < 1.29 is 14.6 Å². The molecule has 3 nitrogen and oxygen atoms in total. The zero-order chi connectivity index (χ0) is 13.0. The Balaban J connectivity index is 2.23. The molecule has 0 bridgehead atoms. The Labute approximate surface area is 107 Å². The lowest BCUT2D eigenvalue weighted by Crippen LogP contribution is -2.16. The van der Waals surface area contributed by atoms with E-state index in [1.165, 1.54) is 12.0 Å². The highest BCUT2D eigenvalue weighted by Gasteiger charge is 2.21. The van der Waals surface area contributed by atoms with Gasteiger partial charge in [0.15, 0.2) is 6.10 Å². The summed E-state index contributed by atoms with van der Waals surface area (Å²) in [6, 6.07) is 7.42. The van der Waals surface area contributed by atoms with Crippen molar-refractivity contribution in [2.75, 3.05) is 6.61 Å². The minimum Gasteiger partial charge on any atom is -0.464 e. The maximum Gasteiger partial charge on any atom is 0.339 e. The van der Waals surface area contributed by atoms with Crippen LogP contribution in [0.5, 0.6) is 0 Å². The number of carbonyl (C=O) groups is 1. The Hall–Kier alpha value is -1.61. The SMILES string of the molecule is CCOC(=O)C(O)c1ccccc1C=C1CCC1. The first-order chi connectivity index (χ1) is 8.72. The van der Waals surface area contributed by atoms with E-state index in [2.05, 4.69) is 6.08 Å². The van der Waals surface area contributed by atoms with Crippen LogP contribution in [0.2, 0.25) is 0 Å². The Morgan fingerprint density at radius 1 is 1.44 bits per heavy atom. The van der Waals surface area contributed by atoms with E-state index in [0.29, 0.717) is 5.56 Å². The predicted octanol–water partition coefficient (Wildman–Crippen LogP) is 2.85. The van der Waals surface area contributed by atoms with Gasteiger partial charge in [-0.15, -0.1) is 0 Å². The number of carbonyl (C=O) groups excluding carboxylic acids is 1. The third-order valence-corrected chi connectivity index (χ3v) is 3.16. The van der Waals surface area contributed by atoms with Crippen molar-refractivity contribution >= 4 is 12.0 Å². The Kier molecular flexibility index (Phi) is 4.15. The lowest BCUT2D eigenvalue weighted by Gasteiger charge is -2.18. The van der Waals surface area contributed by atoms with Crippen molar-refractivity contribution in [1.82, 2.24) is 0 Å². The van der Waals surface area contributed by atoms with Crippen LogP contribution in [0.4, 0.5) is 0 Å². The molecule has 0 radical (unpaired) electrons. The molecule has 1 saturated carbocycles. The summed E-state index contributed by atoms with van der Waals surface area (Å²) in [5.41, 5.74) is 2.90. The first kappa shape index (κ1) is 12.8. The topological polar surface area (TPSA) is 46.5 Å². The van der Waals surface area contributed by atoms with Gasteiger partial charge in [0.1, 0.15) is 0 Å². The van der Waals surface area contributed by atoms with Crippen molar-refractivity contribution in [3.63, 3.8) is 0 Å². The van der Waals surface area contributed by atoms with Crippen LogP contribution in [-0.4, -0.2) is 17.7 Å². The van der Waals surface area contributed by atoms with Crippen molar-refractivity contribution in [2.24, 2.45) is 0 Å². The van der Waals surface area contributed by atoms with Gasteiger partial charge < -0.3 is 9.84 Å². The zero-order valence-electron chi connectivity index (χ0n) is 10.6. The average molecular weight is 246 g/mol. The molecular weight excluding hydrogens is 228 g/mol. The number of hydrogen-bond acceptors (Lipinski definition) is 3. The third-order valence-electron chi connectivity index (χ3n) is 3.16. The van der Waals surface area contributed by atoms with E-state index in [1.54, 1.807) is 13.0 Å². The number of aliphatic hydroxyl groups is 1. The van der Waals surface area contributed by atoms with Crippen LogP contribution in [0.1, 0.15) is 43.4 Å². The largest absolute Gasteiger partial charge is 0.464 e. The fourth-order valence-corrected chi connectivity index (χ4v) is 1.98. The number of esters is 1. The normalized spacial score (nSPS) is 15.8. The van der Waals surface area contributed by atoms with Crippen LogP contribution in [0, 0.1) is 0 Å². The van der Waals surface area contributed by atoms with Gasteiger partial charge in [-0.05, 0) is 37.3 Å². The van der Waals surface area contributed by atoms with E-state index in [0.717, 1.165) is 18.4 Å². The molecule has 0 heterocycles. The quantitative estimate of drug-likeness (QED) is 0.831. The average Bonchev–Trinajstić information content (AvgIpc) is 2.34. The molecule has 1 aromatic carbocycles. The molecule has 1 aromatic rings. The number of allylic oxidation sites excluding steroid dienone is 1. The summed E-state index contributed by atoms with van der Waals surface area (Å²) < 4.78 is 4.85. The predicted molar refractivity (Wildman–Crippen MR) is 69.9 cm³/mol. The lowest BCUT2D eigenvalue weighted by molar-refractivity contribution is -0.153. The van der Waals surface area contributed by atoms with Crippen LogP contribution in [0.3, 0.4) is 0 Å². The molecule has 96 valence electrons. The number of benzene rings is 1. The minimum absolute atomic E-state index is 0.277. The standard InChI is InChI=1S/C15H18O3/c1-2-18-15(17)14(16)13-9-4-3-8-12(13)10-11-6-5-7-11/h3-4,8-10,14,16H,2,5-7H2,1H3. The van der Waals surface area contributed by atoms with Gasteiger partial charge in [0.05, 0.1) is 6.61 Å². The summed E-state index contributed by atoms with van der Waals surface area (Å²) in [7, 11) is 0. The van der Waals surface area contributed by atoms with Crippen LogP contribution < -0.4 is 0 Å². The highest BCUT2D eigenvalue weighted by molar-refractivity contribution is 5.78. The van der Waals surface area contributed by atoms with E-state index in [4.69, 9.17) is 4.74 Å². The van der Waals surface area contributed by atoms with Gasteiger partial charge in [0.2, 0.25) is 0 Å². The summed E-state index contributed by atoms with van der Waals surface area (Å²) in [4.78, 5) is 11.6. The molecule has 1 atom stereocenters. The van der Waals surface area contributed by atoms with Crippen molar-refractivity contribution in [3.8, 4) is 0 Å². The van der Waals surface area contributed by atoms with Crippen molar-refractivity contribution in [3.05, 3.63) is 41.0 Å². The van der Waals surface area contributed by atoms with Crippen LogP contribution in [0.25, 0.3) is 6.08 Å². The van der Waals surface area contributed by atoms with Gasteiger partial charge >= 0.3 is 5.97 Å². The molecule has 18 heavy (non-hydrogen) atoms. The molecule has 0 aliphatic heterocycles. The van der Waals surface area contributed by atoms with Gasteiger partial charge in [0, 0.05) is 0 Å². The summed E-state index contributed by atoms with van der Waals surface area (Å²) in [5, 5.41) is 10.0. The van der Waals surface area contributed by atoms with Gasteiger partial charge in [-0.3, -0.25) is 0 Å². The molecule has 0 aromatic heterocycles. The highest BCUT2D eigenvalue weighted by Crippen LogP contribution is 2.30.